The average Bonchev–Trinajstić information content (AvgIpc) is 2.19. The first-order chi connectivity index (χ1) is 7.11. The first-order valence-electron chi connectivity index (χ1n) is 4.90. The summed E-state index contributed by atoms with van der Waals surface area (Å²) < 4.78 is 0.929. The van der Waals surface area contributed by atoms with Crippen molar-refractivity contribution in [1.29, 1.82) is 0 Å². The van der Waals surface area contributed by atoms with Gasteiger partial charge in [0, 0.05) is 21.1 Å². The van der Waals surface area contributed by atoms with Crippen molar-refractivity contribution in [2.24, 2.45) is 0 Å². The molecule has 1 aromatic carbocycles. The van der Waals surface area contributed by atoms with E-state index in [2.05, 4.69) is 28.2 Å². The molecular formula is C11H11BrClNO. The van der Waals surface area contributed by atoms with E-state index >= 15 is 0 Å². The molecule has 1 N–H and O–H groups in total. The molecular weight excluding hydrogens is 277 g/mol. The number of amides is 1. The zero-order valence-electron chi connectivity index (χ0n) is 8.31. The van der Waals surface area contributed by atoms with E-state index in [1.165, 1.54) is 0 Å². The van der Waals surface area contributed by atoms with Crippen LogP contribution in [0.3, 0.4) is 0 Å². The summed E-state index contributed by atoms with van der Waals surface area (Å²) in [5, 5.41) is 3.55. The monoisotopic (exact) mass is 287 g/mol. The number of rotatable bonds is 1. The van der Waals surface area contributed by atoms with Gasteiger partial charge in [-0.2, -0.15) is 0 Å². The molecule has 2 nitrogen and oxygen atoms in total. The van der Waals surface area contributed by atoms with Crippen molar-refractivity contribution in [3.05, 3.63) is 32.8 Å². The fourth-order valence-electron chi connectivity index (χ4n) is 1.82. The van der Waals surface area contributed by atoms with Crippen LogP contribution in [0.5, 0.6) is 0 Å². The third-order valence-corrected chi connectivity index (χ3v) is 3.61. The standard InChI is InChI=1S/C11H11BrClNO/c1-2-7-5-8-9(11(15)14-7)3-6(13)4-10(8)12/h3-4,7H,2,5H2,1H3,(H,14,15). The molecule has 1 atom stereocenters. The summed E-state index contributed by atoms with van der Waals surface area (Å²) in [6.45, 7) is 2.07. The van der Waals surface area contributed by atoms with Gasteiger partial charge in [-0.15, -0.1) is 0 Å². The molecule has 80 valence electrons. The van der Waals surface area contributed by atoms with E-state index < -0.39 is 0 Å². The largest absolute Gasteiger partial charge is 0.349 e. The molecule has 1 unspecified atom stereocenters. The van der Waals surface area contributed by atoms with Crippen LogP contribution in [-0.2, 0) is 6.42 Å². The molecule has 0 aromatic heterocycles. The predicted molar refractivity (Wildman–Crippen MR) is 64.4 cm³/mol. The van der Waals surface area contributed by atoms with E-state index in [0.717, 1.165) is 22.9 Å². The molecule has 4 heteroatoms. The molecule has 0 bridgehead atoms. The maximum absolute atomic E-state index is 11.8. The summed E-state index contributed by atoms with van der Waals surface area (Å²) in [4.78, 5) is 11.8. The van der Waals surface area contributed by atoms with Gasteiger partial charge >= 0.3 is 0 Å². The number of hydrogen-bond acceptors (Lipinski definition) is 1. The second kappa shape index (κ2) is 4.14. The maximum atomic E-state index is 11.8. The molecule has 1 aliphatic heterocycles. The molecule has 1 heterocycles. The molecule has 0 radical (unpaired) electrons. The molecule has 1 aliphatic rings. The van der Waals surface area contributed by atoms with Crippen LogP contribution in [0.15, 0.2) is 16.6 Å². The van der Waals surface area contributed by atoms with Crippen LogP contribution < -0.4 is 5.32 Å². The smallest absolute Gasteiger partial charge is 0.251 e. The minimum Gasteiger partial charge on any atom is -0.349 e. The van der Waals surface area contributed by atoms with Gasteiger partial charge in [0.05, 0.1) is 0 Å². The van der Waals surface area contributed by atoms with Crippen LogP contribution in [0.2, 0.25) is 5.02 Å². The Hall–Kier alpha value is -0.540. The van der Waals surface area contributed by atoms with E-state index in [-0.39, 0.29) is 11.9 Å². The molecule has 1 aromatic rings. The zero-order valence-corrected chi connectivity index (χ0v) is 10.7. The zero-order chi connectivity index (χ0) is 11.0. The van der Waals surface area contributed by atoms with Crippen molar-refractivity contribution < 1.29 is 4.79 Å². The second-order valence-corrected chi connectivity index (χ2v) is 4.99. The van der Waals surface area contributed by atoms with E-state index in [1.807, 2.05) is 6.07 Å². The highest BCUT2D eigenvalue weighted by Gasteiger charge is 2.25. The molecule has 0 aliphatic carbocycles. The third-order valence-electron chi connectivity index (χ3n) is 2.68. The van der Waals surface area contributed by atoms with Gasteiger partial charge in [0.1, 0.15) is 0 Å². The molecule has 0 saturated heterocycles. The molecule has 0 saturated carbocycles. The number of nitrogens with one attached hydrogen (secondary N) is 1. The highest BCUT2D eigenvalue weighted by molar-refractivity contribution is 9.10. The van der Waals surface area contributed by atoms with Gasteiger partial charge in [0.15, 0.2) is 0 Å². The van der Waals surface area contributed by atoms with Crippen LogP contribution >= 0.6 is 27.5 Å². The van der Waals surface area contributed by atoms with Crippen molar-refractivity contribution >= 4 is 33.4 Å². The summed E-state index contributed by atoms with van der Waals surface area (Å²) in [6, 6.07) is 3.80. The lowest BCUT2D eigenvalue weighted by molar-refractivity contribution is 0.0924. The van der Waals surface area contributed by atoms with E-state index in [4.69, 9.17) is 11.6 Å². The Labute approximate surface area is 102 Å². The summed E-state index contributed by atoms with van der Waals surface area (Å²) in [7, 11) is 0. The van der Waals surface area contributed by atoms with Crippen LogP contribution in [0.4, 0.5) is 0 Å². The first kappa shape index (κ1) is 11.0. The number of benzene rings is 1. The van der Waals surface area contributed by atoms with Gasteiger partial charge in [-0.1, -0.05) is 34.5 Å². The number of halogens is 2. The third kappa shape index (κ3) is 2.04. The summed E-state index contributed by atoms with van der Waals surface area (Å²) >= 11 is 9.36. The van der Waals surface area contributed by atoms with Gasteiger partial charge in [-0.05, 0) is 30.5 Å². The topological polar surface area (TPSA) is 29.1 Å². The van der Waals surface area contributed by atoms with Crippen molar-refractivity contribution in [3.63, 3.8) is 0 Å². The number of fused-ring (bicyclic) bond motifs is 1. The van der Waals surface area contributed by atoms with Crippen LogP contribution in [0.25, 0.3) is 0 Å². The maximum Gasteiger partial charge on any atom is 0.251 e. The Kier molecular flexibility index (Phi) is 3.03. The Morgan fingerprint density at radius 3 is 3.00 bits per heavy atom. The Bertz CT molecular complexity index is 419. The van der Waals surface area contributed by atoms with Gasteiger partial charge in [0.2, 0.25) is 0 Å². The number of carbonyl (C=O) groups is 1. The van der Waals surface area contributed by atoms with Crippen LogP contribution in [0.1, 0.15) is 29.3 Å². The molecule has 1 amide bonds. The average molecular weight is 289 g/mol. The van der Waals surface area contributed by atoms with Gasteiger partial charge < -0.3 is 5.32 Å². The van der Waals surface area contributed by atoms with Gasteiger partial charge in [0.25, 0.3) is 5.91 Å². The van der Waals surface area contributed by atoms with Crippen LogP contribution in [0, 0.1) is 0 Å². The molecule has 0 fully saturated rings. The van der Waals surface area contributed by atoms with Crippen molar-refractivity contribution in [1.82, 2.24) is 5.32 Å². The summed E-state index contributed by atoms with van der Waals surface area (Å²) in [5.41, 5.74) is 1.76. The predicted octanol–water partition coefficient (Wildman–Crippen LogP) is 3.17. The highest BCUT2D eigenvalue weighted by atomic mass is 79.9. The van der Waals surface area contributed by atoms with Gasteiger partial charge in [-0.25, -0.2) is 0 Å². The number of carbonyl (C=O) groups excluding carboxylic acids is 1. The fraction of sp³-hybridized carbons (Fsp3) is 0.364. The molecule has 0 spiro atoms. The second-order valence-electron chi connectivity index (χ2n) is 3.70. The fourth-order valence-corrected chi connectivity index (χ4v) is 2.79. The lowest BCUT2D eigenvalue weighted by Crippen LogP contribution is -2.41. The molecule has 15 heavy (non-hydrogen) atoms. The minimum atomic E-state index is -0.0219. The van der Waals surface area contributed by atoms with Crippen molar-refractivity contribution in [2.45, 2.75) is 25.8 Å². The SMILES string of the molecule is CCC1Cc2c(Br)cc(Cl)cc2C(=O)N1. The van der Waals surface area contributed by atoms with Gasteiger partial charge in [-0.3, -0.25) is 4.79 Å². The molecule has 2 rings (SSSR count). The summed E-state index contributed by atoms with van der Waals surface area (Å²) in [5.74, 6) is -0.0219. The lowest BCUT2D eigenvalue weighted by atomic mass is 9.94. The normalized spacial score (nSPS) is 19.7. The van der Waals surface area contributed by atoms with E-state index in [1.54, 1.807) is 6.07 Å². The first-order valence-corrected chi connectivity index (χ1v) is 6.07. The Morgan fingerprint density at radius 1 is 1.60 bits per heavy atom. The van der Waals surface area contributed by atoms with E-state index in [0.29, 0.717) is 10.6 Å². The van der Waals surface area contributed by atoms with E-state index in [9.17, 15) is 4.79 Å². The summed E-state index contributed by atoms with van der Waals surface area (Å²) in [6.07, 6.45) is 1.82. The highest BCUT2D eigenvalue weighted by Crippen LogP contribution is 2.29. The Morgan fingerprint density at radius 2 is 2.33 bits per heavy atom. The lowest BCUT2D eigenvalue weighted by Gasteiger charge is -2.25. The van der Waals surface area contributed by atoms with Crippen molar-refractivity contribution in [2.75, 3.05) is 0 Å². The number of hydrogen-bond donors (Lipinski definition) is 1. The minimum absolute atomic E-state index is 0.0219. The van der Waals surface area contributed by atoms with Crippen molar-refractivity contribution in [3.8, 4) is 0 Å². The quantitative estimate of drug-likeness (QED) is 0.845. The Balaban J connectivity index is 2.50. The van der Waals surface area contributed by atoms with Crippen LogP contribution in [-0.4, -0.2) is 11.9 Å².